The van der Waals surface area contributed by atoms with Gasteiger partial charge in [-0.1, -0.05) is 36.4 Å². The SMILES string of the molecule is Cn1cc(-c2ccc(C(F)(F)F)cc2C2=CCN(C(=O)OC(C)(C)C)CC2)c2ccc(S(=O)(=O)Oc3c(F)c(F)c(F)c(F)c3F)cc21.Cn1cc(-c2ccc(C(F)(F)F)cc2C2=CCNCC2)c2ccc(S(=O)(=O)Cc3nccs3)cc21.Nc1nccs1. The van der Waals surface area contributed by atoms with Crippen LogP contribution in [0.5, 0.6) is 5.75 Å². The van der Waals surface area contributed by atoms with Gasteiger partial charge >= 0.3 is 28.6 Å². The monoisotopic (exact) mass is 1320 g/mol. The molecule has 0 aliphatic carbocycles. The summed E-state index contributed by atoms with van der Waals surface area (Å²) in [4.78, 5) is 21.2. The number of anilines is 1. The number of sulfone groups is 1. The average molecular weight is 1320 g/mol. The lowest BCUT2D eigenvalue weighted by molar-refractivity contribution is -0.138. The van der Waals surface area contributed by atoms with E-state index in [-0.39, 0.29) is 41.2 Å². The largest absolute Gasteiger partial charge is 0.444 e. The fourth-order valence-electron chi connectivity index (χ4n) is 9.84. The van der Waals surface area contributed by atoms with Gasteiger partial charge in [-0.25, -0.2) is 36.4 Å². The molecular weight excluding hydrogens is 1270 g/mol. The van der Waals surface area contributed by atoms with Crippen molar-refractivity contribution in [3.63, 3.8) is 0 Å². The molecule has 0 bridgehead atoms. The highest BCUT2D eigenvalue weighted by molar-refractivity contribution is 7.90. The van der Waals surface area contributed by atoms with E-state index in [0.717, 1.165) is 46.9 Å². The lowest BCUT2D eigenvalue weighted by Crippen LogP contribution is -2.39. The molecule has 5 aromatic carbocycles. The fourth-order valence-corrected chi connectivity index (χ4v) is 13.4. The molecule has 0 fully saturated rings. The molecule has 4 aromatic heterocycles. The molecule has 0 unspecified atom stereocenters. The first-order chi connectivity index (χ1) is 41.7. The Hall–Kier alpha value is -8.12. The summed E-state index contributed by atoms with van der Waals surface area (Å²) in [5.41, 5.74) is 8.01. The fraction of sp³-hybridized carbons (Fsp3) is 0.250. The number of benzene rings is 5. The van der Waals surface area contributed by atoms with Crippen LogP contribution in [0.3, 0.4) is 0 Å². The number of rotatable bonds is 10. The first-order valence-electron chi connectivity index (χ1n) is 26.6. The van der Waals surface area contributed by atoms with E-state index in [0.29, 0.717) is 68.4 Å². The van der Waals surface area contributed by atoms with Gasteiger partial charge in [0, 0.05) is 102 Å². The van der Waals surface area contributed by atoms with Crippen LogP contribution >= 0.6 is 22.7 Å². The summed E-state index contributed by atoms with van der Waals surface area (Å²) in [5, 5.41) is 9.04. The number of hydrogen-bond acceptors (Lipinski definition) is 13. The zero-order valence-electron chi connectivity index (χ0n) is 47.5. The molecule has 11 rings (SSSR count). The second-order valence-electron chi connectivity index (χ2n) is 21.3. The van der Waals surface area contributed by atoms with E-state index in [2.05, 4.69) is 19.5 Å². The smallest absolute Gasteiger partial charge is 0.416 e. The number of ether oxygens (including phenoxy) is 1. The van der Waals surface area contributed by atoms with Gasteiger partial charge in [-0.3, -0.25) is 0 Å². The lowest BCUT2D eigenvalue weighted by Gasteiger charge is -2.30. The van der Waals surface area contributed by atoms with Crippen LogP contribution in [0.2, 0.25) is 0 Å². The molecule has 0 saturated carbocycles. The molecule has 29 heteroatoms. The number of aryl methyl sites for hydroxylation is 2. The maximum absolute atomic E-state index is 14.2. The van der Waals surface area contributed by atoms with Crippen molar-refractivity contribution in [1.29, 1.82) is 0 Å². The van der Waals surface area contributed by atoms with Crippen molar-refractivity contribution in [3.05, 3.63) is 177 Å². The zero-order valence-corrected chi connectivity index (χ0v) is 50.7. The van der Waals surface area contributed by atoms with Gasteiger partial charge in [0.25, 0.3) is 0 Å². The highest BCUT2D eigenvalue weighted by Crippen LogP contribution is 2.44. The molecule has 0 saturated heterocycles. The third-order valence-electron chi connectivity index (χ3n) is 14.1. The molecule has 0 spiro atoms. The number of carbonyl (C=O) groups is 1. The van der Waals surface area contributed by atoms with Crippen molar-refractivity contribution < 1.29 is 78.8 Å². The average Bonchev–Trinajstić information content (AvgIpc) is 1.74. The third kappa shape index (κ3) is 14.5. The molecule has 2 aliphatic rings. The summed E-state index contributed by atoms with van der Waals surface area (Å²) in [6, 6.07) is 15.1. The number of alkyl halides is 6. The number of carbonyl (C=O) groups excluding carboxylic acids is 1. The first-order valence-corrected chi connectivity index (χ1v) is 31.4. The standard InChI is InChI=1S/C32H26F8N2O5S.C25H22F3N3O2S2.C3H4N2S/c1-31(2,3)46-30(43)42-11-9-16(10-12-42)21-13-17(32(38,39)40)5-7-19(21)22-15-41(4)23-14-18(6-8-20(22)23)48(44,45)47-29-27(36)25(34)24(33)26(35)28(29)37;1-31-14-22(19-4-2-17(25(26,27)28)12-21(19)16-6-8-29-9-7-16)20-5-3-18(13-23(20)31)35(32,33)15-24-30-10-11-34-24;4-3-5-1-2-6-3/h5-9,13-15H,10-12H2,1-4H3;2-6,10-14,29H,7-9,15H2,1H3;1-2H,(H2,4,5). The van der Waals surface area contributed by atoms with Crippen molar-refractivity contribution >= 4 is 86.8 Å². The number of nitrogens with zero attached hydrogens (tertiary/aromatic N) is 5. The van der Waals surface area contributed by atoms with Crippen LogP contribution in [-0.2, 0) is 56.9 Å². The molecule has 1 amide bonds. The van der Waals surface area contributed by atoms with Crippen LogP contribution in [0.25, 0.3) is 55.2 Å². The maximum atomic E-state index is 14.2. The molecule has 470 valence electrons. The Kier molecular flexibility index (Phi) is 18.6. The molecule has 2 aliphatic heterocycles. The van der Waals surface area contributed by atoms with Gasteiger partial charge in [-0.15, -0.1) is 22.7 Å². The van der Waals surface area contributed by atoms with Crippen molar-refractivity contribution in [2.75, 3.05) is 31.9 Å². The minimum atomic E-state index is -5.17. The Morgan fingerprint density at radius 2 is 1.16 bits per heavy atom. The van der Waals surface area contributed by atoms with E-state index in [1.165, 1.54) is 69.7 Å². The van der Waals surface area contributed by atoms with Gasteiger partial charge in [0.15, 0.2) is 15.0 Å². The van der Waals surface area contributed by atoms with Crippen LogP contribution < -0.4 is 15.2 Å². The molecule has 9 aromatic rings. The summed E-state index contributed by atoms with van der Waals surface area (Å²) < 4.78 is 216. The Labute approximate surface area is 510 Å². The number of amides is 1. The number of hydrogen-bond donors (Lipinski definition) is 2. The van der Waals surface area contributed by atoms with Crippen LogP contribution in [0.15, 0.2) is 130 Å². The number of thiazole rings is 2. The number of fused-ring (bicyclic) bond motifs is 2. The summed E-state index contributed by atoms with van der Waals surface area (Å²) in [6.07, 6.45) is 1.28. The van der Waals surface area contributed by atoms with E-state index < -0.39 is 94.9 Å². The van der Waals surface area contributed by atoms with Gasteiger partial charge in [-0.05, 0) is 122 Å². The van der Waals surface area contributed by atoms with E-state index in [9.17, 15) is 69.9 Å². The number of nitrogens with one attached hydrogen (secondary N) is 1. The molecule has 3 N–H and O–H groups in total. The van der Waals surface area contributed by atoms with Crippen molar-refractivity contribution in [2.24, 2.45) is 14.1 Å². The highest BCUT2D eigenvalue weighted by atomic mass is 32.2. The summed E-state index contributed by atoms with van der Waals surface area (Å²) >= 11 is 2.73. The molecular formula is C60H52F11N7O7S4. The minimum absolute atomic E-state index is 0.0692. The predicted molar refractivity (Wildman–Crippen MR) is 316 cm³/mol. The maximum Gasteiger partial charge on any atom is 0.416 e. The van der Waals surface area contributed by atoms with Crippen molar-refractivity contribution in [1.82, 2.24) is 29.3 Å². The molecule has 14 nitrogen and oxygen atoms in total. The van der Waals surface area contributed by atoms with E-state index in [1.807, 2.05) is 22.2 Å². The quantitative estimate of drug-likeness (QED) is 0.0576. The van der Waals surface area contributed by atoms with Crippen LogP contribution in [0.1, 0.15) is 60.9 Å². The third-order valence-corrected chi connectivity index (χ3v) is 18.5. The zero-order chi connectivity index (χ0) is 64.7. The normalized spacial score (nSPS) is 14.2. The van der Waals surface area contributed by atoms with E-state index >= 15 is 0 Å². The summed E-state index contributed by atoms with van der Waals surface area (Å²) in [7, 11) is -5.47. The second-order valence-corrected chi connectivity index (χ2v) is 26.7. The Balaban J connectivity index is 0.000000200. The lowest BCUT2D eigenvalue weighted by atomic mass is 9.89. The van der Waals surface area contributed by atoms with Crippen LogP contribution in [0, 0.1) is 29.1 Å². The predicted octanol–water partition coefficient (Wildman–Crippen LogP) is 14.7. The van der Waals surface area contributed by atoms with E-state index in [1.54, 1.807) is 69.9 Å². The number of aromatic nitrogens is 4. The molecule has 6 heterocycles. The van der Waals surface area contributed by atoms with Crippen LogP contribution in [0.4, 0.5) is 58.2 Å². The Morgan fingerprint density at radius 1 is 0.640 bits per heavy atom. The number of halogens is 11. The molecule has 0 radical (unpaired) electrons. The Bertz CT molecular complexity index is 4430. The topological polar surface area (TPSA) is 181 Å². The van der Waals surface area contributed by atoms with Crippen LogP contribution in [-0.4, -0.2) is 78.7 Å². The molecule has 0 atom stereocenters. The van der Waals surface area contributed by atoms with Gasteiger partial charge in [0.2, 0.25) is 34.8 Å². The second kappa shape index (κ2) is 25.4. The first kappa shape index (κ1) is 65.3. The van der Waals surface area contributed by atoms with Crippen molar-refractivity contribution in [2.45, 2.75) is 67.1 Å². The van der Waals surface area contributed by atoms with Crippen molar-refractivity contribution in [3.8, 4) is 28.0 Å². The number of nitrogen functional groups attached to an aromatic ring is 1. The number of nitrogens with two attached hydrogens (primary N) is 1. The van der Waals surface area contributed by atoms with Gasteiger partial charge < -0.3 is 34.0 Å². The Morgan fingerprint density at radius 3 is 1.61 bits per heavy atom. The molecule has 89 heavy (non-hydrogen) atoms. The van der Waals surface area contributed by atoms with E-state index in [4.69, 9.17) is 10.5 Å². The van der Waals surface area contributed by atoms with Gasteiger partial charge in [-0.2, -0.15) is 43.5 Å². The van der Waals surface area contributed by atoms with Gasteiger partial charge in [0.1, 0.15) is 21.3 Å². The van der Waals surface area contributed by atoms with Gasteiger partial charge in [0.05, 0.1) is 16.0 Å². The minimum Gasteiger partial charge on any atom is -0.444 e. The summed E-state index contributed by atoms with van der Waals surface area (Å²) in [5.74, 6) is -14.5. The summed E-state index contributed by atoms with van der Waals surface area (Å²) in [6.45, 7) is 6.63. The highest BCUT2D eigenvalue weighted by Gasteiger charge is 2.36.